The van der Waals surface area contributed by atoms with Crippen molar-refractivity contribution in [1.82, 2.24) is 0 Å². The van der Waals surface area contributed by atoms with E-state index in [-0.39, 0.29) is 0 Å². The maximum atomic E-state index is 5.40. The van der Waals surface area contributed by atoms with Gasteiger partial charge in [-0.2, -0.15) is 0 Å². The lowest BCUT2D eigenvalue weighted by Gasteiger charge is -2.15. The molecule has 2 radical (unpaired) electrons. The van der Waals surface area contributed by atoms with Gasteiger partial charge in [-0.05, 0) is 24.6 Å². The van der Waals surface area contributed by atoms with Gasteiger partial charge in [0, 0.05) is 16.5 Å². The van der Waals surface area contributed by atoms with Crippen LogP contribution in [0.2, 0.25) is 0 Å². The molecule has 0 bridgehead atoms. The molecule has 1 aromatic carbocycles. The fourth-order valence-corrected chi connectivity index (χ4v) is 1.47. The molecule has 11 heavy (non-hydrogen) atoms. The van der Waals surface area contributed by atoms with Crippen molar-refractivity contribution in [2.24, 2.45) is 0 Å². The van der Waals surface area contributed by atoms with Gasteiger partial charge in [0.25, 0.3) is 0 Å². The number of halogens is 1. The van der Waals surface area contributed by atoms with Crippen LogP contribution in [0.5, 0.6) is 5.75 Å². The van der Waals surface area contributed by atoms with Gasteiger partial charge < -0.3 is 4.74 Å². The molecule has 0 saturated carbocycles. The zero-order valence-electron chi connectivity index (χ0n) is 5.93. The topological polar surface area (TPSA) is 9.23 Å². The molecule has 0 saturated heterocycles. The summed E-state index contributed by atoms with van der Waals surface area (Å²) in [5.41, 5.74) is 1.07. The van der Waals surface area contributed by atoms with E-state index in [9.17, 15) is 0 Å². The van der Waals surface area contributed by atoms with Crippen molar-refractivity contribution in [3.05, 3.63) is 34.7 Å². The summed E-state index contributed by atoms with van der Waals surface area (Å²) in [5, 5.41) is 0. The highest BCUT2D eigenvalue weighted by molar-refractivity contribution is 9.10. The number of fused-ring (bicyclic) bond motifs is 1. The quantitative estimate of drug-likeness (QED) is 0.640. The first kappa shape index (κ1) is 7.17. The smallest absolute Gasteiger partial charge is 0.123 e. The van der Waals surface area contributed by atoms with Gasteiger partial charge in [0.2, 0.25) is 0 Å². The van der Waals surface area contributed by atoms with E-state index in [1.807, 2.05) is 18.2 Å². The Labute approximate surface area is 74.5 Å². The second-order valence-corrected chi connectivity index (χ2v) is 3.33. The van der Waals surface area contributed by atoms with Crippen LogP contribution in [-0.2, 0) is 0 Å². The van der Waals surface area contributed by atoms with Crippen LogP contribution in [0, 0.1) is 6.42 Å². The molecule has 0 fully saturated rings. The Morgan fingerprint density at radius 3 is 3.27 bits per heavy atom. The average Bonchev–Trinajstić information content (AvgIpc) is 2.04. The summed E-state index contributed by atoms with van der Waals surface area (Å²) in [6, 6.07) is 5.96. The third-order valence-corrected chi connectivity index (χ3v) is 2.11. The lowest BCUT2D eigenvalue weighted by atomic mass is 10.1. The molecule has 0 aliphatic carbocycles. The Bertz CT molecular complexity index is 270. The highest BCUT2D eigenvalue weighted by atomic mass is 79.9. The molecule has 0 amide bonds. The van der Waals surface area contributed by atoms with Crippen LogP contribution in [0.3, 0.4) is 0 Å². The third-order valence-electron chi connectivity index (χ3n) is 1.62. The molecule has 0 unspecified atom stereocenters. The van der Waals surface area contributed by atoms with Crippen molar-refractivity contribution in [2.75, 3.05) is 6.61 Å². The predicted molar refractivity (Wildman–Crippen MR) is 46.6 cm³/mol. The van der Waals surface area contributed by atoms with Gasteiger partial charge in [-0.1, -0.05) is 15.9 Å². The highest BCUT2D eigenvalue weighted by Crippen LogP contribution is 2.28. The molecule has 0 aromatic heterocycles. The molecule has 1 heterocycles. The summed E-state index contributed by atoms with van der Waals surface area (Å²) >= 11 is 3.39. The van der Waals surface area contributed by atoms with E-state index in [4.69, 9.17) is 4.74 Å². The summed E-state index contributed by atoms with van der Waals surface area (Å²) in [4.78, 5) is 0. The van der Waals surface area contributed by atoms with E-state index in [0.29, 0.717) is 0 Å². The summed E-state index contributed by atoms with van der Waals surface area (Å²) in [7, 11) is 0. The minimum absolute atomic E-state index is 0.759. The lowest BCUT2D eigenvalue weighted by Crippen LogP contribution is -2.06. The Kier molecular flexibility index (Phi) is 1.86. The number of rotatable bonds is 0. The van der Waals surface area contributed by atoms with Gasteiger partial charge in [-0.15, -0.1) is 0 Å². The molecular formula is C9H7BrO. The predicted octanol–water partition coefficient (Wildman–Crippen LogP) is 2.66. The number of hydrogen-bond acceptors (Lipinski definition) is 1. The summed E-state index contributed by atoms with van der Waals surface area (Å²) in [6.45, 7) is 0.759. The molecule has 2 rings (SSSR count). The van der Waals surface area contributed by atoms with Gasteiger partial charge >= 0.3 is 0 Å². The second-order valence-electron chi connectivity index (χ2n) is 2.42. The molecule has 0 spiro atoms. The monoisotopic (exact) mass is 210 g/mol. The van der Waals surface area contributed by atoms with Crippen molar-refractivity contribution in [1.29, 1.82) is 0 Å². The van der Waals surface area contributed by atoms with E-state index in [0.717, 1.165) is 28.8 Å². The molecule has 1 aliphatic heterocycles. The Morgan fingerprint density at radius 2 is 2.36 bits per heavy atom. The Hall–Kier alpha value is -0.500. The van der Waals surface area contributed by atoms with Crippen molar-refractivity contribution >= 4 is 15.9 Å². The summed E-state index contributed by atoms with van der Waals surface area (Å²) in [6.07, 6.45) is 4.14. The number of hydrogen-bond donors (Lipinski definition) is 0. The van der Waals surface area contributed by atoms with Crippen LogP contribution in [0.15, 0.2) is 22.7 Å². The zero-order chi connectivity index (χ0) is 7.68. The largest absolute Gasteiger partial charge is 0.493 e. The van der Waals surface area contributed by atoms with E-state index >= 15 is 0 Å². The van der Waals surface area contributed by atoms with Gasteiger partial charge in [0.05, 0.1) is 6.61 Å². The van der Waals surface area contributed by atoms with Gasteiger partial charge in [0.15, 0.2) is 0 Å². The molecule has 1 nitrogen and oxygen atoms in total. The first-order valence-corrected chi connectivity index (χ1v) is 4.32. The molecule has 2 heteroatoms. The van der Waals surface area contributed by atoms with Crippen molar-refractivity contribution < 1.29 is 4.74 Å². The standard InChI is InChI=1S/C9H7BrO/c10-8-3-4-9-7(6-8)2-1-5-11-9/h3-4,6H,1,5H2. The molecule has 0 N–H and O–H groups in total. The van der Waals surface area contributed by atoms with Gasteiger partial charge in [-0.3, -0.25) is 0 Å². The first-order chi connectivity index (χ1) is 5.36. The van der Waals surface area contributed by atoms with Crippen LogP contribution < -0.4 is 4.74 Å². The molecule has 1 aliphatic rings. The molecule has 1 aromatic rings. The molecule has 56 valence electrons. The fourth-order valence-electron chi connectivity index (χ4n) is 1.11. The maximum absolute atomic E-state index is 5.40. The Morgan fingerprint density at radius 1 is 1.45 bits per heavy atom. The second kappa shape index (κ2) is 2.86. The van der Waals surface area contributed by atoms with Crippen LogP contribution in [0.1, 0.15) is 12.0 Å². The number of benzene rings is 1. The molecular weight excluding hydrogens is 204 g/mol. The normalized spacial score (nSPS) is 15.4. The molecule has 0 atom stereocenters. The fraction of sp³-hybridized carbons (Fsp3) is 0.222. The highest BCUT2D eigenvalue weighted by Gasteiger charge is 2.09. The van der Waals surface area contributed by atoms with E-state index in [1.54, 1.807) is 0 Å². The summed E-state index contributed by atoms with van der Waals surface area (Å²) < 4.78 is 6.47. The van der Waals surface area contributed by atoms with Gasteiger partial charge in [0.1, 0.15) is 5.75 Å². The van der Waals surface area contributed by atoms with E-state index in [2.05, 4.69) is 22.4 Å². The zero-order valence-corrected chi connectivity index (χ0v) is 7.52. The van der Waals surface area contributed by atoms with E-state index < -0.39 is 0 Å². The SMILES string of the molecule is Brc1ccc2c(c1)[C]CCO2. The van der Waals surface area contributed by atoms with Crippen molar-refractivity contribution in [3.63, 3.8) is 0 Å². The van der Waals surface area contributed by atoms with Crippen LogP contribution in [0.4, 0.5) is 0 Å². The van der Waals surface area contributed by atoms with Crippen molar-refractivity contribution in [2.45, 2.75) is 6.42 Å². The van der Waals surface area contributed by atoms with Gasteiger partial charge in [-0.25, -0.2) is 0 Å². The summed E-state index contributed by atoms with van der Waals surface area (Å²) in [5.74, 6) is 0.944. The minimum Gasteiger partial charge on any atom is -0.493 e. The Balaban J connectivity index is 2.43. The number of ether oxygens (including phenoxy) is 1. The lowest BCUT2D eigenvalue weighted by molar-refractivity contribution is 0.306. The average molecular weight is 211 g/mol. The van der Waals surface area contributed by atoms with Crippen LogP contribution in [-0.4, -0.2) is 6.61 Å². The van der Waals surface area contributed by atoms with E-state index in [1.165, 1.54) is 0 Å². The maximum Gasteiger partial charge on any atom is 0.123 e. The first-order valence-electron chi connectivity index (χ1n) is 3.52. The minimum atomic E-state index is 0.759. The van der Waals surface area contributed by atoms with Crippen LogP contribution >= 0.6 is 15.9 Å². The van der Waals surface area contributed by atoms with Crippen LogP contribution in [0.25, 0.3) is 0 Å². The third kappa shape index (κ3) is 1.41. The van der Waals surface area contributed by atoms with Crippen molar-refractivity contribution in [3.8, 4) is 5.75 Å².